The first-order valence-electron chi connectivity index (χ1n) is 11.8. The molecule has 0 fully saturated rings. The maximum absolute atomic E-state index is 12.8. The lowest BCUT2D eigenvalue weighted by atomic mass is 10.1. The fraction of sp³-hybridized carbons (Fsp3) is 0.286. The molecule has 7 nitrogen and oxygen atoms in total. The lowest BCUT2D eigenvalue weighted by Crippen LogP contribution is -2.46. The average molecular weight is 475 g/mol. The Bertz CT molecular complexity index is 1210. The zero-order valence-electron chi connectivity index (χ0n) is 20.2. The first kappa shape index (κ1) is 24.1. The van der Waals surface area contributed by atoms with E-state index in [2.05, 4.69) is 12.2 Å². The maximum Gasteiger partial charge on any atom is 0.267 e. The predicted molar refractivity (Wildman–Crippen MR) is 136 cm³/mol. The summed E-state index contributed by atoms with van der Waals surface area (Å²) in [4.78, 5) is 26.9. The molecule has 0 aromatic heterocycles. The van der Waals surface area contributed by atoms with Gasteiger partial charge in [-0.25, -0.2) is 0 Å². The van der Waals surface area contributed by atoms with Gasteiger partial charge in [0.1, 0.15) is 23.9 Å². The molecule has 1 unspecified atom stereocenters. The molecule has 0 spiro atoms. The molecule has 182 valence electrons. The van der Waals surface area contributed by atoms with Gasteiger partial charge in [0.2, 0.25) is 0 Å². The number of nitrogens with one attached hydrogen (secondary N) is 1. The average Bonchev–Trinajstić information content (AvgIpc) is 2.85. The van der Waals surface area contributed by atoms with Crippen molar-refractivity contribution in [1.29, 1.82) is 0 Å². The van der Waals surface area contributed by atoms with Crippen molar-refractivity contribution >= 4 is 23.2 Å². The molecule has 1 aliphatic heterocycles. The summed E-state index contributed by atoms with van der Waals surface area (Å²) in [6, 6.07) is 20.7. The monoisotopic (exact) mass is 474 g/mol. The number of hydrogen-bond donors (Lipinski definition) is 1. The number of ether oxygens (including phenoxy) is 3. The fourth-order valence-corrected chi connectivity index (χ4v) is 3.88. The van der Waals surface area contributed by atoms with Crippen LogP contribution in [0.4, 0.5) is 11.4 Å². The zero-order chi connectivity index (χ0) is 24.8. The summed E-state index contributed by atoms with van der Waals surface area (Å²) in [5.41, 5.74) is 3.47. The molecule has 4 rings (SSSR count). The normalized spacial score (nSPS) is 14.7. The van der Waals surface area contributed by atoms with E-state index in [9.17, 15) is 9.59 Å². The van der Waals surface area contributed by atoms with E-state index >= 15 is 0 Å². The van der Waals surface area contributed by atoms with E-state index in [-0.39, 0.29) is 18.4 Å². The topological polar surface area (TPSA) is 77.1 Å². The minimum atomic E-state index is -0.637. The Hall–Kier alpha value is -4.00. The molecule has 2 amide bonds. The molecule has 1 heterocycles. The summed E-state index contributed by atoms with van der Waals surface area (Å²) >= 11 is 0. The molecule has 1 aliphatic rings. The van der Waals surface area contributed by atoms with Gasteiger partial charge in [-0.1, -0.05) is 31.2 Å². The van der Waals surface area contributed by atoms with Crippen LogP contribution in [-0.2, 0) is 16.0 Å². The number of nitrogens with zero attached hydrogens (tertiary/aromatic N) is 1. The third kappa shape index (κ3) is 6.12. The van der Waals surface area contributed by atoms with Crippen molar-refractivity contribution < 1.29 is 23.8 Å². The Morgan fingerprint density at radius 1 is 1.03 bits per heavy atom. The number of rotatable bonds is 9. The number of anilines is 2. The SMILES string of the molecule is CCc1cccc(OCC(=O)Nc2ccc3c(c2)OC(C)C(=O)N3CCOc2cccc(C)c2)c1. The van der Waals surface area contributed by atoms with Crippen molar-refractivity contribution in [2.45, 2.75) is 33.3 Å². The van der Waals surface area contributed by atoms with Crippen LogP contribution in [-0.4, -0.2) is 37.7 Å². The highest BCUT2D eigenvalue weighted by Gasteiger charge is 2.31. The number of aryl methyl sites for hydroxylation is 2. The van der Waals surface area contributed by atoms with Crippen LogP contribution in [0.3, 0.4) is 0 Å². The van der Waals surface area contributed by atoms with E-state index in [0.717, 1.165) is 23.3 Å². The molecule has 1 atom stereocenters. The largest absolute Gasteiger partial charge is 0.492 e. The lowest BCUT2D eigenvalue weighted by Gasteiger charge is -2.33. The molecular weight excluding hydrogens is 444 g/mol. The number of amides is 2. The zero-order valence-corrected chi connectivity index (χ0v) is 20.2. The molecule has 3 aromatic carbocycles. The molecule has 0 bridgehead atoms. The predicted octanol–water partition coefficient (Wildman–Crippen LogP) is 4.77. The second-order valence-corrected chi connectivity index (χ2v) is 8.44. The smallest absolute Gasteiger partial charge is 0.267 e. The van der Waals surface area contributed by atoms with Gasteiger partial charge in [-0.2, -0.15) is 0 Å². The van der Waals surface area contributed by atoms with Crippen LogP contribution in [0, 0.1) is 6.92 Å². The highest BCUT2D eigenvalue weighted by molar-refractivity contribution is 6.00. The summed E-state index contributed by atoms with van der Waals surface area (Å²) in [6.07, 6.45) is 0.260. The van der Waals surface area contributed by atoms with E-state index in [1.807, 2.05) is 55.5 Å². The van der Waals surface area contributed by atoms with Crippen molar-refractivity contribution in [2.24, 2.45) is 0 Å². The van der Waals surface area contributed by atoms with Crippen LogP contribution in [0.15, 0.2) is 66.7 Å². The van der Waals surface area contributed by atoms with Gasteiger partial charge < -0.3 is 24.4 Å². The van der Waals surface area contributed by atoms with Gasteiger partial charge >= 0.3 is 0 Å². The van der Waals surface area contributed by atoms with Crippen molar-refractivity contribution in [3.05, 3.63) is 77.9 Å². The van der Waals surface area contributed by atoms with E-state index in [1.165, 1.54) is 0 Å². The summed E-state index contributed by atoms with van der Waals surface area (Å²) in [6.45, 7) is 6.39. The minimum absolute atomic E-state index is 0.109. The second kappa shape index (κ2) is 11.0. The number of benzene rings is 3. The van der Waals surface area contributed by atoms with Gasteiger partial charge in [-0.15, -0.1) is 0 Å². The summed E-state index contributed by atoms with van der Waals surface area (Å²) in [5, 5.41) is 2.83. The van der Waals surface area contributed by atoms with Gasteiger partial charge in [0.15, 0.2) is 12.7 Å². The third-order valence-corrected chi connectivity index (χ3v) is 5.70. The fourth-order valence-electron chi connectivity index (χ4n) is 3.88. The first-order valence-corrected chi connectivity index (χ1v) is 11.8. The van der Waals surface area contributed by atoms with E-state index < -0.39 is 6.10 Å². The number of carbonyl (C=O) groups is 2. The van der Waals surface area contributed by atoms with Gasteiger partial charge in [0.25, 0.3) is 11.8 Å². The van der Waals surface area contributed by atoms with Gasteiger partial charge in [0.05, 0.1) is 12.2 Å². The quantitative estimate of drug-likeness (QED) is 0.484. The van der Waals surface area contributed by atoms with Gasteiger partial charge in [-0.05, 0) is 67.8 Å². The Labute approximate surface area is 205 Å². The van der Waals surface area contributed by atoms with Crippen LogP contribution < -0.4 is 24.4 Å². The molecule has 1 N–H and O–H groups in total. The van der Waals surface area contributed by atoms with Crippen LogP contribution in [0.25, 0.3) is 0 Å². The number of carbonyl (C=O) groups excluding carboxylic acids is 2. The maximum atomic E-state index is 12.8. The molecule has 0 saturated carbocycles. The third-order valence-electron chi connectivity index (χ3n) is 5.70. The van der Waals surface area contributed by atoms with Gasteiger partial charge in [0, 0.05) is 11.8 Å². The van der Waals surface area contributed by atoms with Crippen molar-refractivity contribution in [2.75, 3.05) is 30.0 Å². The summed E-state index contributed by atoms with van der Waals surface area (Å²) < 4.78 is 17.3. The molecule has 0 saturated heterocycles. The van der Waals surface area contributed by atoms with Crippen LogP contribution in [0.2, 0.25) is 0 Å². The Kier molecular flexibility index (Phi) is 7.55. The Balaban J connectivity index is 1.38. The standard InChI is InChI=1S/C28H30N2O5/c1-4-21-8-6-10-24(16-21)34-18-27(31)29-22-11-12-25-26(17-22)35-20(3)28(32)30(25)13-14-33-23-9-5-7-19(2)15-23/h5-12,15-17,20H,4,13-14,18H2,1-3H3,(H,29,31). The Morgan fingerprint density at radius 2 is 1.80 bits per heavy atom. The summed E-state index contributed by atoms with van der Waals surface area (Å²) in [5.74, 6) is 1.53. The second-order valence-electron chi connectivity index (χ2n) is 8.44. The van der Waals surface area contributed by atoms with E-state index in [1.54, 1.807) is 30.0 Å². The lowest BCUT2D eigenvalue weighted by molar-refractivity contribution is -0.125. The Morgan fingerprint density at radius 3 is 2.57 bits per heavy atom. The molecule has 3 aromatic rings. The van der Waals surface area contributed by atoms with Crippen LogP contribution in [0.1, 0.15) is 25.0 Å². The molecule has 0 radical (unpaired) electrons. The first-order chi connectivity index (χ1) is 16.9. The molecule has 7 heteroatoms. The van der Waals surface area contributed by atoms with Gasteiger partial charge in [-0.3, -0.25) is 9.59 Å². The van der Waals surface area contributed by atoms with Crippen molar-refractivity contribution in [1.82, 2.24) is 0 Å². The number of hydrogen-bond acceptors (Lipinski definition) is 5. The molecule has 35 heavy (non-hydrogen) atoms. The van der Waals surface area contributed by atoms with Crippen LogP contribution >= 0.6 is 0 Å². The minimum Gasteiger partial charge on any atom is -0.492 e. The molecule has 0 aliphatic carbocycles. The van der Waals surface area contributed by atoms with Crippen molar-refractivity contribution in [3.63, 3.8) is 0 Å². The highest BCUT2D eigenvalue weighted by Crippen LogP contribution is 2.36. The molecular formula is C28H30N2O5. The summed E-state index contributed by atoms with van der Waals surface area (Å²) in [7, 11) is 0. The van der Waals surface area contributed by atoms with E-state index in [0.29, 0.717) is 36.0 Å². The van der Waals surface area contributed by atoms with E-state index in [4.69, 9.17) is 14.2 Å². The highest BCUT2D eigenvalue weighted by atomic mass is 16.5. The number of fused-ring (bicyclic) bond motifs is 1. The van der Waals surface area contributed by atoms with Crippen molar-refractivity contribution in [3.8, 4) is 17.2 Å². The van der Waals surface area contributed by atoms with Crippen LogP contribution in [0.5, 0.6) is 17.2 Å².